The van der Waals surface area contributed by atoms with E-state index in [0.717, 1.165) is 21.5 Å². The van der Waals surface area contributed by atoms with Crippen molar-refractivity contribution in [3.8, 4) is 11.5 Å². The molecule has 0 aromatic heterocycles. The normalized spacial score (nSPS) is 16.0. The minimum Gasteiger partial charge on any atom is -0.486 e. The van der Waals surface area contributed by atoms with Crippen LogP contribution in [0.3, 0.4) is 0 Å². The molecule has 0 spiro atoms. The van der Waals surface area contributed by atoms with E-state index in [0.29, 0.717) is 25.4 Å². The number of halogens is 1. The van der Waals surface area contributed by atoms with Gasteiger partial charge in [0.2, 0.25) is 5.91 Å². The summed E-state index contributed by atoms with van der Waals surface area (Å²) in [6.07, 6.45) is 2.67. The molecule has 22 heavy (non-hydrogen) atoms. The van der Waals surface area contributed by atoms with Gasteiger partial charge in [-0.15, -0.1) is 0 Å². The highest BCUT2D eigenvalue weighted by Crippen LogP contribution is 2.37. The van der Waals surface area contributed by atoms with Gasteiger partial charge in [0.15, 0.2) is 11.5 Å². The quantitative estimate of drug-likeness (QED) is 0.782. The number of carbonyl (C=O) groups excluding carboxylic acids is 1. The lowest BCUT2D eigenvalue weighted by Crippen LogP contribution is -2.42. The molecule has 0 radical (unpaired) electrons. The smallest absolute Gasteiger partial charge is 0.237 e. The fourth-order valence-electron chi connectivity index (χ4n) is 2.19. The van der Waals surface area contributed by atoms with Gasteiger partial charge in [-0.25, -0.2) is 0 Å². The van der Waals surface area contributed by atoms with E-state index in [1.54, 1.807) is 11.8 Å². The van der Waals surface area contributed by atoms with E-state index in [9.17, 15) is 4.79 Å². The molecule has 1 aliphatic heterocycles. The summed E-state index contributed by atoms with van der Waals surface area (Å²) < 4.78 is 12.0. The number of rotatable bonds is 6. The third-order valence-corrected chi connectivity index (χ3v) is 4.79. The molecule has 1 heterocycles. The van der Waals surface area contributed by atoms with Crippen LogP contribution in [0.4, 0.5) is 0 Å². The Labute approximate surface area is 143 Å². The Kier molecular flexibility index (Phi) is 6.40. The molecule has 1 amide bonds. The summed E-state index contributed by atoms with van der Waals surface area (Å²) in [6, 6.07) is 3.13. The molecule has 1 unspecified atom stereocenters. The Morgan fingerprint density at radius 1 is 1.41 bits per heavy atom. The van der Waals surface area contributed by atoms with Gasteiger partial charge in [-0.05, 0) is 43.0 Å². The Hall–Kier alpha value is -0.920. The molecular formula is C15H21BrN2O3S. The maximum absolute atomic E-state index is 12.1. The Morgan fingerprint density at radius 2 is 2.05 bits per heavy atom. The second-order valence-corrected chi connectivity index (χ2v) is 6.98. The van der Waals surface area contributed by atoms with Gasteiger partial charge in [-0.1, -0.05) is 15.9 Å². The number of amides is 1. The van der Waals surface area contributed by atoms with Gasteiger partial charge in [0, 0.05) is 4.47 Å². The molecule has 0 bridgehead atoms. The summed E-state index contributed by atoms with van der Waals surface area (Å²) in [5.41, 5.74) is 6.84. The number of fused-ring (bicyclic) bond motifs is 1. The van der Waals surface area contributed by atoms with E-state index in [2.05, 4.69) is 21.2 Å². The number of nitrogens with two attached hydrogens (primary N) is 1. The first-order valence-electron chi connectivity index (χ1n) is 7.17. The molecule has 0 fully saturated rings. The summed E-state index contributed by atoms with van der Waals surface area (Å²) in [5, 5.41) is 2.95. The van der Waals surface area contributed by atoms with E-state index in [-0.39, 0.29) is 11.9 Å². The van der Waals surface area contributed by atoms with E-state index < -0.39 is 6.04 Å². The van der Waals surface area contributed by atoms with Crippen LogP contribution in [-0.4, -0.2) is 37.2 Å². The van der Waals surface area contributed by atoms with Crippen LogP contribution < -0.4 is 20.5 Å². The summed E-state index contributed by atoms with van der Waals surface area (Å²) in [5.74, 6) is 2.16. The van der Waals surface area contributed by atoms with Gasteiger partial charge in [0.25, 0.3) is 0 Å². The molecule has 5 nitrogen and oxygen atoms in total. The minimum atomic E-state index is -0.481. The van der Waals surface area contributed by atoms with Crippen LogP contribution in [0.5, 0.6) is 11.5 Å². The molecule has 3 N–H and O–H groups in total. The van der Waals surface area contributed by atoms with E-state index >= 15 is 0 Å². The number of benzene rings is 1. The lowest BCUT2D eigenvalue weighted by molar-refractivity contribution is -0.123. The molecule has 1 aromatic rings. The third kappa shape index (κ3) is 4.30. The summed E-state index contributed by atoms with van der Waals surface area (Å²) in [7, 11) is 0. The lowest BCUT2D eigenvalue weighted by Gasteiger charge is -2.23. The van der Waals surface area contributed by atoms with Crippen LogP contribution in [0.25, 0.3) is 0 Å². The van der Waals surface area contributed by atoms with Crippen LogP contribution in [0.15, 0.2) is 16.6 Å². The van der Waals surface area contributed by atoms with Crippen molar-refractivity contribution in [3.05, 3.63) is 22.2 Å². The van der Waals surface area contributed by atoms with Crippen molar-refractivity contribution < 1.29 is 14.3 Å². The lowest BCUT2D eigenvalue weighted by atomic mass is 10.1. The fraction of sp³-hybridized carbons (Fsp3) is 0.533. The van der Waals surface area contributed by atoms with Crippen molar-refractivity contribution in [1.29, 1.82) is 0 Å². The maximum Gasteiger partial charge on any atom is 0.237 e. The van der Waals surface area contributed by atoms with Crippen molar-refractivity contribution in [1.82, 2.24) is 5.32 Å². The van der Waals surface area contributed by atoms with Gasteiger partial charge >= 0.3 is 0 Å². The molecule has 122 valence electrons. The zero-order valence-corrected chi connectivity index (χ0v) is 15.1. The fourth-order valence-corrected chi connectivity index (χ4v) is 3.34. The SMILES string of the molecule is CSCC[C@H](N)C(=O)NC(C)c1cc2c(cc1Br)OCCO2. The number of nitrogens with one attached hydrogen (secondary N) is 1. The van der Waals surface area contributed by atoms with Crippen molar-refractivity contribution in [2.45, 2.75) is 25.4 Å². The summed E-state index contributed by atoms with van der Waals surface area (Å²) in [4.78, 5) is 12.1. The summed E-state index contributed by atoms with van der Waals surface area (Å²) in [6.45, 7) is 3.01. The molecule has 0 aliphatic carbocycles. The Morgan fingerprint density at radius 3 is 2.68 bits per heavy atom. The molecule has 7 heteroatoms. The van der Waals surface area contributed by atoms with Gasteiger partial charge in [0.05, 0.1) is 12.1 Å². The highest BCUT2D eigenvalue weighted by atomic mass is 79.9. The standard InChI is InChI=1S/C15H21BrN2O3S/c1-9(18-15(19)12(17)3-6-22-2)10-7-13-14(8-11(10)16)21-5-4-20-13/h7-9,12H,3-6,17H2,1-2H3,(H,18,19)/t9?,12-/m0/s1. The first kappa shape index (κ1) is 17.4. The van der Waals surface area contributed by atoms with Crippen LogP contribution in [0.2, 0.25) is 0 Å². The van der Waals surface area contributed by atoms with Crippen molar-refractivity contribution in [3.63, 3.8) is 0 Å². The molecule has 1 aromatic carbocycles. The number of hydrogen-bond donors (Lipinski definition) is 2. The monoisotopic (exact) mass is 388 g/mol. The number of thioether (sulfide) groups is 1. The first-order valence-corrected chi connectivity index (χ1v) is 9.35. The third-order valence-electron chi connectivity index (χ3n) is 3.46. The molecule has 2 rings (SSSR count). The Balaban J connectivity index is 2.06. The molecule has 0 saturated heterocycles. The largest absolute Gasteiger partial charge is 0.486 e. The van der Waals surface area contributed by atoms with Crippen LogP contribution in [0, 0.1) is 0 Å². The first-order chi connectivity index (χ1) is 10.5. The predicted molar refractivity (Wildman–Crippen MR) is 92.7 cm³/mol. The summed E-state index contributed by atoms with van der Waals surface area (Å²) >= 11 is 5.21. The topological polar surface area (TPSA) is 73.6 Å². The zero-order valence-electron chi connectivity index (χ0n) is 12.7. The highest BCUT2D eigenvalue weighted by molar-refractivity contribution is 9.10. The van der Waals surface area contributed by atoms with Crippen LogP contribution >= 0.6 is 27.7 Å². The molecular weight excluding hydrogens is 368 g/mol. The van der Waals surface area contributed by atoms with Crippen LogP contribution in [0.1, 0.15) is 24.9 Å². The predicted octanol–water partition coefficient (Wildman–Crippen LogP) is 2.48. The highest BCUT2D eigenvalue weighted by Gasteiger charge is 2.21. The second-order valence-electron chi connectivity index (χ2n) is 5.14. The Bertz CT molecular complexity index is 542. The van der Waals surface area contributed by atoms with E-state index in [1.807, 2.05) is 25.3 Å². The minimum absolute atomic E-state index is 0.136. The van der Waals surface area contributed by atoms with Crippen molar-refractivity contribution in [2.24, 2.45) is 5.73 Å². The van der Waals surface area contributed by atoms with Gasteiger partial charge in [-0.2, -0.15) is 11.8 Å². The van der Waals surface area contributed by atoms with E-state index in [4.69, 9.17) is 15.2 Å². The molecule has 1 aliphatic rings. The number of hydrogen-bond acceptors (Lipinski definition) is 5. The van der Waals surface area contributed by atoms with Crippen LogP contribution in [-0.2, 0) is 4.79 Å². The average molecular weight is 389 g/mol. The average Bonchev–Trinajstić information content (AvgIpc) is 2.51. The van der Waals surface area contributed by atoms with E-state index in [1.165, 1.54) is 0 Å². The van der Waals surface area contributed by atoms with Crippen molar-refractivity contribution in [2.75, 3.05) is 25.2 Å². The number of ether oxygens (including phenoxy) is 2. The second kappa shape index (κ2) is 8.08. The number of carbonyl (C=O) groups is 1. The van der Waals surface area contributed by atoms with Gasteiger partial charge < -0.3 is 20.5 Å². The van der Waals surface area contributed by atoms with Crippen molar-refractivity contribution >= 4 is 33.6 Å². The molecule has 2 atom stereocenters. The maximum atomic E-state index is 12.1. The van der Waals surface area contributed by atoms with Gasteiger partial charge in [0.1, 0.15) is 13.2 Å². The van der Waals surface area contributed by atoms with Gasteiger partial charge in [-0.3, -0.25) is 4.79 Å². The zero-order chi connectivity index (χ0) is 16.1. The molecule has 0 saturated carbocycles.